The monoisotopic (exact) mass is 358 g/mol. The van der Waals surface area contributed by atoms with Crippen LogP contribution in [0.1, 0.15) is 65.4 Å². The molecule has 1 aromatic rings. The van der Waals surface area contributed by atoms with Crippen LogP contribution in [0.3, 0.4) is 0 Å². The molecule has 144 valence electrons. The average molecular weight is 359 g/mol. The van der Waals surface area contributed by atoms with Crippen molar-refractivity contribution in [2.24, 2.45) is 22.7 Å². The largest absolute Gasteiger partial charge is 0.496 e. The molecule has 3 heteroatoms. The first kappa shape index (κ1) is 18.0. The van der Waals surface area contributed by atoms with Gasteiger partial charge >= 0.3 is 0 Å². The topological polar surface area (TPSA) is 27.7 Å². The number of hydrogen-bond acceptors (Lipinski definition) is 3. The van der Waals surface area contributed by atoms with Crippen LogP contribution >= 0.6 is 0 Å². The molecule has 0 unspecified atom stereocenters. The lowest BCUT2D eigenvalue weighted by molar-refractivity contribution is -0.124. The highest BCUT2D eigenvalue weighted by molar-refractivity contribution is 5.56. The molecule has 0 bridgehead atoms. The van der Waals surface area contributed by atoms with Crippen LogP contribution in [0.2, 0.25) is 0 Å². The standard InChI is InChI=1S/C23H34O3/c1-21(2)9-7-10-22(3)18(21)8-11-23(4)19(22)14-26-17-13-15(24-5)12-16(25-6)20(17)23/h12-13,18-19H,7-11,14H2,1-6H3/t18-,19+,22-,23+/m0/s1. The van der Waals surface area contributed by atoms with E-state index in [1.807, 2.05) is 12.1 Å². The van der Waals surface area contributed by atoms with E-state index in [-0.39, 0.29) is 5.41 Å². The number of rotatable bonds is 2. The summed E-state index contributed by atoms with van der Waals surface area (Å²) >= 11 is 0. The Hall–Kier alpha value is -1.38. The third-order valence-corrected chi connectivity index (χ3v) is 8.27. The molecule has 4 atom stereocenters. The van der Waals surface area contributed by atoms with Crippen molar-refractivity contribution in [1.29, 1.82) is 0 Å². The SMILES string of the molecule is COc1cc(OC)c2c(c1)OC[C@@H]1[C@@]3(C)CCCC(C)(C)[C@@H]3CC[C@@]21C. The fourth-order valence-corrected chi connectivity index (χ4v) is 7.02. The molecule has 3 aliphatic rings. The van der Waals surface area contributed by atoms with Gasteiger partial charge in [-0.05, 0) is 42.4 Å². The molecule has 1 aliphatic heterocycles. The third kappa shape index (κ3) is 2.31. The summed E-state index contributed by atoms with van der Waals surface area (Å²) in [5.74, 6) is 3.99. The highest BCUT2D eigenvalue weighted by Gasteiger charge is 2.61. The Balaban J connectivity index is 1.83. The van der Waals surface area contributed by atoms with E-state index in [1.54, 1.807) is 14.2 Å². The van der Waals surface area contributed by atoms with Gasteiger partial charge in [-0.1, -0.05) is 34.1 Å². The number of benzene rings is 1. The van der Waals surface area contributed by atoms with E-state index in [0.717, 1.165) is 29.8 Å². The highest BCUT2D eigenvalue weighted by atomic mass is 16.5. The number of fused-ring (bicyclic) bond motifs is 5. The van der Waals surface area contributed by atoms with Gasteiger partial charge in [0.1, 0.15) is 17.2 Å². The fraction of sp³-hybridized carbons (Fsp3) is 0.739. The van der Waals surface area contributed by atoms with Gasteiger partial charge in [-0.2, -0.15) is 0 Å². The Morgan fingerprint density at radius 2 is 1.73 bits per heavy atom. The minimum atomic E-state index is 0.101. The number of hydrogen-bond donors (Lipinski definition) is 0. The second-order valence-electron chi connectivity index (χ2n) is 9.92. The number of ether oxygens (including phenoxy) is 3. The molecule has 1 heterocycles. The third-order valence-electron chi connectivity index (χ3n) is 8.27. The van der Waals surface area contributed by atoms with Crippen LogP contribution in [0, 0.1) is 22.7 Å². The molecule has 0 N–H and O–H groups in total. The summed E-state index contributed by atoms with van der Waals surface area (Å²) in [6, 6.07) is 4.06. The highest BCUT2D eigenvalue weighted by Crippen LogP contribution is 2.67. The zero-order valence-corrected chi connectivity index (χ0v) is 17.3. The summed E-state index contributed by atoms with van der Waals surface area (Å²) in [5.41, 5.74) is 2.12. The molecule has 0 radical (unpaired) electrons. The predicted octanol–water partition coefficient (Wildman–Crippen LogP) is 5.60. The molecule has 4 rings (SSSR count). The van der Waals surface area contributed by atoms with Crippen molar-refractivity contribution in [2.45, 2.75) is 65.2 Å². The first-order valence-corrected chi connectivity index (χ1v) is 10.2. The average Bonchev–Trinajstić information content (AvgIpc) is 2.59. The van der Waals surface area contributed by atoms with Crippen molar-refractivity contribution in [1.82, 2.24) is 0 Å². The van der Waals surface area contributed by atoms with Crippen molar-refractivity contribution in [3.8, 4) is 17.2 Å². The smallest absolute Gasteiger partial charge is 0.130 e. The lowest BCUT2D eigenvalue weighted by atomic mass is 9.42. The molecule has 2 saturated carbocycles. The Morgan fingerprint density at radius 1 is 0.962 bits per heavy atom. The van der Waals surface area contributed by atoms with E-state index in [4.69, 9.17) is 14.2 Å². The minimum absolute atomic E-state index is 0.101. The van der Waals surface area contributed by atoms with E-state index >= 15 is 0 Å². The Morgan fingerprint density at radius 3 is 2.42 bits per heavy atom. The van der Waals surface area contributed by atoms with Gasteiger partial charge in [0.2, 0.25) is 0 Å². The molecular formula is C23H34O3. The van der Waals surface area contributed by atoms with Gasteiger partial charge in [-0.15, -0.1) is 0 Å². The Kier molecular flexibility index (Phi) is 4.02. The second kappa shape index (κ2) is 5.81. The summed E-state index contributed by atoms with van der Waals surface area (Å²) in [6.45, 7) is 10.8. The minimum Gasteiger partial charge on any atom is -0.496 e. The maximum atomic E-state index is 6.37. The molecule has 0 aromatic heterocycles. The van der Waals surface area contributed by atoms with E-state index in [9.17, 15) is 0 Å². The van der Waals surface area contributed by atoms with Gasteiger partial charge in [-0.3, -0.25) is 0 Å². The van der Waals surface area contributed by atoms with Gasteiger partial charge in [0.05, 0.1) is 20.8 Å². The van der Waals surface area contributed by atoms with Gasteiger partial charge in [0.25, 0.3) is 0 Å². The lowest BCUT2D eigenvalue weighted by Crippen LogP contribution is -2.59. The molecule has 26 heavy (non-hydrogen) atoms. The maximum Gasteiger partial charge on any atom is 0.130 e. The lowest BCUT2D eigenvalue weighted by Gasteiger charge is -2.63. The van der Waals surface area contributed by atoms with Gasteiger partial charge < -0.3 is 14.2 Å². The summed E-state index contributed by atoms with van der Waals surface area (Å²) in [4.78, 5) is 0. The van der Waals surface area contributed by atoms with Crippen molar-refractivity contribution in [3.05, 3.63) is 17.7 Å². The van der Waals surface area contributed by atoms with Crippen molar-refractivity contribution >= 4 is 0 Å². The van der Waals surface area contributed by atoms with Crippen LogP contribution < -0.4 is 14.2 Å². The van der Waals surface area contributed by atoms with Gasteiger partial charge in [0.15, 0.2) is 0 Å². The fourth-order valence-electron chi connectivity index (χ4n) is 7.02. The van der Waals surface area contributed by atoms with E-state index in [1.165, 1.54) is 37.7 Å². The van der Waals surface area contributed by atoms with Gasteiger partial charge in [-0.25, -0.2) is 0 Å². The van der Waals surface area contributed by atoms with Crippen LogP contribution in [-0.2, 0) is 5.41 Å². The summed E-state index contributed by atoms with van der Waals surface area (Å²) in [6.07, 6.45) is 6.51. The normalized spacial score (nSPS) is 37.6. The van der Waals surface area contributed by atoms with Crippen LogP contribution in [0.15, 0.2) is 12.1 Å². The molecule has 0 saturated heterocycles. The van der Waals surface area contributed by atoms with Crippen LogP contribution in [0.4, 0.5) is 0 Å². The second-order valence-corrected chi connectivity index (χ2v) is 9.92. The Bertz CT molecular complexity index is 692. The van der Waals surface area contributed by atoms with Crippen LogP contribution in [-0.4, -0.2) is 20.8 Å². The summed E-state index contributed by atoms with van der Waals surface area (Å²) in [7, 11) is 3.46. The van der Waals surface area contributed by atoms with Crippen molar-refractivity contribution < 1.29 is 14.2 Å². The van der Waals surface area contributed by atoms with Crippen LogP contribution in [0.5, 0.6) is 17.2 Å². The van der Waals surface area contributed by atoms with Crippen molar-refractivity contribution in [2.75, 3.05) is 20.8 Å². The zero-order valence-electron chi connectivity index (χ0n) is 17.3. The van der Waals surface area contributed by atoms with E-state index in [2.05, 4.69) is 27.7 Å². The molecule has 2 fully saturated rings. The first-order valence-electron chi connectivity index (χ1n) is 10.2. The zero-order chi connectivity index (χ0) is 18.7. The molecule has 3 nitrogen and oxygen atoms in total. The molecular weight excluding hydrogens is 324 g/mol. The van der Waals surface area contributed by atoms with E-state index in [0.29, 0.717) is 16.7 Å². The van der Waals surface area contributed by atoms with Crippen molar-refractivity contribution in [3.63, 3.8) is 0 Å². The van der Waals surface area contributed by atoms with Gasteiger partial charge in [0, 0.05) is 29.0 Å². The Labute approximate surface area is 158 Å². The number of methoxy groups -OCH3 is 2. The summed E-state index contributed by atoms with van der Waals surface area (Å²) < 4.78 is 17.6. The molecule has 2 aliphatic carbocycles. The predicted molar refractivity (Wildman–Crippen MR) is 104 cm³/mol. The summed E-state index contributed by atoms with van der Waals surface area (Å²) in [5, 5.41) is 0. The quantitative estimate of drug-likeness (QED) is 0.689. The molecule has 0 amide bonds. The maximum absolute atomic E-state index is 6.37. The van der Waals surface area contributed by atoms with E-state index < -0.39 is 0 Å². The van der Waals surface area contributed by atoms with Crippen LogP contribution in [0.25, 0.3) is 0 Å². The molecule has 0 spiro atoms. The molecule has 1 aromatic carbocycles. The first-order chi connectivity index (χ1) is 12.3.